The van der Waals surface area contributed by atoms with Crippen molar-refractivity contribution in [1.29, 1.82) is 5.26 Å². The van der Waals surface area contributed by atoms with E-state index < -0.39 is 0 Å². The second-order valence-electron chi connectivity index (χ2n) is 3.96. The van der Waals surface area contributed by atoms with Crippen LogP contribution in [-0.2, 0) is 6.54 Å². The molecule has 1 atom stereocenters. The standard InChI is InChI=1S/C12H12Cl2N2/c13-11-4-1-5-12(14)10(11)8-16-6-2-3-9(16)7-15/h1,4-5,9H,2-3,6,8H2. The van der Waals surface area contributed by atoms with Crippen LogP contribution >= 0.6 is 23.2 Å². The Morgan fingerprint density at radius 1 is 1.38 bits per heavy atom. The Kier molecular flexibility index (Phi) is 3.70. The minimum atomic E-state index is 0.00680. The van der Waals surface area contributed by atoms with Crippen molar-refractivity contribution in [2.24, 2.45) is 0 Å². The molecule has 0 aliphatic carbocycles. The maximum atomic E-state index is 9.00. The van der Waals surface area contributed by atoms with Gasteiger partial charge in [-0.1, -0.05) is 29.3 Å². The lowest BCUT2D eigenvalue weighted by Gasteiger charge is -2.20. The summed E-state index contributed by atoms with van der Waals surface area (Å²) in [6.07, 6.45) is 2.01. The average Bonchev–Trinajstić information content (AvgIpc) is 2.71. The number of likely N-dealkylation sites (tertiary alicyclic amines) is 1. The minimum Gasteiger partial charge on any atom is -0.284 e. The quantitative estimate of drug-likeness (QED) is 0.808. The Hall–Kier alpha value is -0.750. The first-order valence-corrected chi connectivity index (χ1v) is 6.04. The van der Waals surface area contributed by atoms with Gasteiger partial charge in [-0.05, 0) is 31.5 Å². The molecular weight excluding hydrogens is 243 g/mol. The predicted octanol–water partition coefficient (Wildman–Crippen LogP) is 3.48. The van der Waals surface area contributed by atoms with E-state index in [4.69, 9.17) is 28.5 Å². The lowest BCUT2D eigenvalue weighted by molar-refractivity contribution is 0.286. The number of rotatable bonds is 2. The van der Waals surface area contributed by atoms with Gasteiger partial charge in [-0.25, -0.2) is 0 Å². The topological polar surface area (TPSA) is 27.0 Å². The van der Waals surface area contributed by atoms with Gasteiger partial charge < -0.3 is 0 Å². The van der Waals surface area contributed by atoms with E-state index in [2.05, 4.69) is 11.0 Å². The molecule has 2 rings (SSSR count). The smallest absolute Gasteiger partial charge is 0.0981 e. The molecule has 0 radical (unpaired) electrons. The molecule has 1 heterocycles. The molecule has 2 nitrogen and oxygen atoms in total. The van der Waals surface area contributed by atoms with Crippen LogP contribution in [-0.4, -0.2) is 17.5 Å². The molecule has 1 aliphatic rings. The highest BCUT2D eigenvalue weighted by atomic mass is 35.5. The van der Waals surface area contributed by atoms with E-state index in [-0.39, 0.29) is 6.04 Å². The van der Waals surface area contributed by atoms with Crippen LogP contribution in [0.4, 0.5) is 0 Å². The van der Waals surface area contributed by atoms with Gasteiger partial charge in [0.25, 0.3) is 0 Å². The van der Waals surface area contributed by atoms with E-state index in [1.807, 2.05) is 18.2 Å². The molecule has 0 saturated carbocycles. The zero-order valence-corrected chi connectivity index (χ0v) is 10.3. The van der Waals surface area contributed by atoms with Crippen LogP contribution < -0.4 is 0 Å². The van der Waals surface area contributed by atoms with Crippen LogP contribution in [0.15, 0.2) is 18.2 Å². The van der Waals surface area contributed by atoms with E-state index in [0.29, 0.717) is 16.6 Å². The van der Waals surface area contributed by atoms with Crippen LogP contribution in [0.25, 0.3) is 0 Å². The van der Waals surface area contributed by atoms with Crippen molar-refractivity contribution in [2.45, 2.75) is 25.4 Å². The van der Waals surface area contributed by atoms with Crippen molar-refractivity contribution in [1.82, 2.24) is 4.90 Å². The molecule has 4 heteroatoms. The monoisotopic (exact) mass is 254 g/mol. The maximum absolute atomic E-state index is 9.00. The highest BCUT2D eigenvalue weighted by Crippen LogP contribution is 2.28. The normalized spacial score (nSPS) is 20.9. The molecule has 0 bridgehead atoms. The second-order valence-corrected chi connectivity index (χ2v) is 4.77. The zero-order chi connectivity index (χ0) is 11.5. The van der Waals surface area contributed by atoms with Crippen molar-refractivity contribution in [3.63, 3.8) is 0 Å². The molecule has 0 aromatic heterocycles. The Bertz CT molecular complexity index is 405. The van der Waals surface area contributed by atoms with E-state index >= 15 is 0 Å². The van der Waals surface area contributed by atoms with Crippen LogP contribution in [0, 0.1) is 11.3 Å². The van der Waals surface area contributed by atoms with Crippen LogP contribution in [0.2, 0.25) is 10.0 Å². The van der Waals surface area contributed by atoms with E-state index in [0.717, 1.165) is 24.9 Å². The van der Waals surface area contributed by atoms with Crippen molar-refractivity contribution >= 4 is 23.2 Å². The number of hydrogen-bond donors (Lipinski definition) is 0. The van der Waals surface area contributed by atoms with E-state index in [9.17, 15) is 0 Å². The number of benzene rings is 1. The fourth-order valence-corrected chi connectivity index (χ4v) is 2.57. The van der Waals surface area contributed by atoms with Gasteiger partial charge in [0, 0.05) is 22.2 Å². The van der Waals surface area contributed by atoms with Gasteiger partial charge in [0.2, 0.25) is 0 Å². The molecule has 1 aromatic rings. The number of nitrogens with zero attached hydrogens (tertiary/aromatic N) is 2. The van der Waals surface area contributed by atoms with E-state index in [1.54, 1.807) is 0 Å². The SMILES string of the molecule is N#CC1CCCN1Cc1c(Cl)cccc1Cl. The first kappa shape index (κ1) is 11.7. The van der Waals surface area contributed by atoms with Gasteiger partial charge in [-0.3, -0.25) is 4.90 Å². The molecule has 0 amide bonds. The molecule has 1 aromatic carbocycles. The largest absolute Gasteiger partial charge is 0.284 e. The molecule has 1 fully saturated rings. The van der Waals surface area contributed by atoms with Crippen molar-refractivity contribution < 1.29 is 0 Å². The van der Waals surface area contributed by atoms with Crippen molar-refractivity contribution in [2.75, 3.05) is 6.54 Å². The third kappa shape index (κ3) is 2.32. The Morgan fingerprint density at radius 2 is 2.06 bits per heavy atom. The van der Waals surface area contributed by atoms with Crippen molar-refractivity contribution in [3.8, 4) is 6.07 Å². The van der Waals surface area contributed by atoms with Gasteiger partial charge >= 0.3 is 0 Å². The Morgan fingerprint density at radius 3 is 2.69 bits per heavy atom. The minimum absolute atomic E-state index is 0.00680. The summed E-state index contributed by atoms with van der Waals surface area (Å²) >= 11 is 12.2. The predicted molar refractivity (Wildman–Crippen MR) is 65.5 cm³/mol. The summed E-state index contributed by atoms with van der Waals surface area (Å²) in [7, 11) is 0. The summed E-state index contributed by atoms with van der Waals surface area (Å²) in [6.45, 7) is 1.61. The third-order valence-electron chi connectivity index (χ3n) is 2.94. The summed E-state index contributed by atoms with van der Waals surface area (Å²) in [5, 5.41) is 10.3. The molecule has 1 saturated heterocycles. The molecule has 84 valence electrons. The molecular formula is C12H12Cl2N2. The maximum Gasteiger partial charge on any atom is 0.0981 e. The van der Waals surface area contributed by atoms with Crippen LogP contribution in [0.3, 0.4) is 0 Å². The number of nitriles is 1. The fourth-order valence-electron chi connectivity index (χ4n) is 2.05. The van der Waals surface area contributed by atoms with Gasteiger partial charge in [0.15, 0.2) is 0 Å². The van der Waals surface area contributed by atoms with Gasteiger partial charge in [-0.15, -0.1) is 0 Å². The number of halogens is 2. The second kappa shape index (κ2) is 5.05. The number of hydrogen-bond acceptors (Lipinski definition) is 2. The first-order valence-electron chi connectivity index (χ1n) is 5.29. The molecule has 0 spiro atoms. The van der Waals surface area contributed by atoms with Crippen molar-refractivity contribution in [3.05, 3.63) is 33.8 Å². The molecule has 1 unspecified atom stereocenters. The highest BCUT2D eigenvalue weighted by molar-refractivity contribution is 6.35. The molecule has 1 aliphatic heterocycles. The third-order valence-corrected chi connectivity index (χ3v) is 3.64. The summed E-state index contributed by atoms with van der Waals surface area (Å²) < 4.78 is 0. The van der Waals surface area contributed by atoms with Gasteiger partial charge in [-0.2, -0.15) is 5.26 Å². The van der Waals surface area contributed by atoms with Gasteiger partial charge in [0.1, 0.15) is 0 Å². The Labute approximate surface area is 105 Å². The summed E-state index contributed by atoms with van der Waals surface area (Å²) in [6, 6.07) is 7.82. The van der Waals surface area contributed by atoms with Gasteiger partial charge in [0.05, 0.1) is 12.1 Å². The first-order chi connectivity index (χ1) is 7.72. The van der Waals surface area contributed by atoms with Crippen LogP contribution in [0.1, 0.15) is 18.4 Å². The lowest BCUT2D eigenvalue weighted by atomic mass is 10.2. The summed E-state index contributed by atoms with van der Waals surface area (Å²) in [5.41, 5.74) is 0.924. The van der Waals surface area contributed by atoms with E-state index in [1.165, 1.54) is 0 Å². The van der Waals surface area contributed by atoms with Crippen LogP contribution in [0.5, 0.6) is 0 Å². The molecule has 0 N–H and O–H groups in total. The fraction of sp³-hybridized carbons (Fsp3) is 0.417. The lowest BCUT2D eigenvalue weighted by Crippen LogP contribution is -2.27. The summed E-state index contributed by atoms with van der Waals surface area (Å²) in [5.74, 6) is 0. The Balaban J connectivity index is 2.18. The zero-order valence-electron chi connectivity index (χ0n) is 8.79. The molecule has 16 heavy (non-hydrogen) atoms. The summed E-state index contributed by atoms with van der Waals surface area (Å²) in [4.78, 5) is 2.13. The highest BCUT2D eigenvalue weighted by Gasteiger charge is 2.25. The average molecular weight is 255 g/mol.